The molecule has 76 heavy (non-hydrogen) atoms. The van der Waals surface area contributed by atoms with Gasteiger partial charge in [0.05, 0.1) is 34.1 Å². The largest absolute Gasteiger partial charge is 0.790 e. The fourth-order valence-electron chi connectivity index (χ4n) is 10.4. The number of phosphoric ester groups is 1. The molecule has 0 saturated carbocycles. The van der Waals surface area contributed by atoms with Crippen molar-refractivity contribution in [1.29, 1.82) is 0 Å². The molecule has 4 aliphatic rings. The standard InChI is InChI=1S/C26H28N5O8P.C26H27N5O5/c1-26(2)38-20-18(13-36-40(33,34)35)37-24(21(20)39-26)31-14-30(19-22(31)28-25(27)29-23(19)32)12-15-8-10-17(11-9-15)16-6-4-3-5-7-16;1-26(2)35-20-18(13-32)34-24(21(20)36-26)31-14-30(19-22(31)28-25(27)29-23(19)33)12-15-8-10-17(11-9-15)16-6-4-3-5-7-16/h3-11,14,18,20-21,24H,12-13H2,1-2H3,(H4-,27,28,29,32,33,34,35);3-11,14,18,20-21,24,32H,12-13H2,1-2H3,(H2-,27,28,29,33)/t2*18-,20-,21-,24-/m11/s1. The number of aromatic amines is 2. The highest BCUT2D eigenvalue weighted by atomic mass is 31.2. The minimum absolute atomic E-state index is 0.00314. The van der Waals surface area contributed by atoms with E-state index in [1.165, 1.54) is 0 Å². The van der Waals surface area contributed by atoms with E-state index in [0.717, 1.165) is 33.4 Å². The summed E-state index contributed by atoms with van der Waals surface area (Å²) in [4.78, 5) is 62.2. The summed E-state index contributed by atoms with van der Waals surface area (Å²) < 4.78 is 59.0. The molecule has 4 fully saturated rings. The molecule has 24 heteroatoms. The first-order chi connectivity index (χ1) is 36.3. The predicted molar refractivity (Wildman–Crippen MR) is 268 cm³/mol. The SMILES string of the molecule is CC1(C)O[C@@H]2[C@H](O1)[C@@H](CO)O[C@H]2[n+]1cn(Cc2ccc(-c3ccccc3)cc2)c2c(=O)[nH]c(N)nc21.CC1(C)O[C@@H]2[C@H](O1)[C@@H](COP(=O)([O-])[O-])O[C@H]2[n+]1cn(Cc2ccc(-c3ccccc3)cc2)c2c(=O)[nH]c(N)nc21. The van der Waals surface area contributed by atoms with Crippen LogP contribution < -0.4 is 41.5 Å². The second-order valence-electron chi connectivity index (χ2n) is 19.9. The number of nitrogens with zero attached hydrogens (tertiary/aromatic N) is 6. The smallest absolute Gasteiger partial charge is 0.313 e. The first-order valence-electron chi connectivity index (χ1n) is 24.5. The summed E-state index contributed by atoms with van der Waals surface area (Å²) in [5.41, 5.74) is 18.6. The normalized spacial score (nSPS) is 24.4. The van der Waals surface area contributed by atoms with Crippen molar-refractivity contribution in [2.75, 3.05) is 24.7 Å². The van der Waals surface area contributed by atoms with Crippen LogP contribution in [0.15, 0.2) is 131 Å². The Morgan fingerprint density at radius 3 is 1.41 bits per heavy atom. The molecule has 0 aliphatic carbocycles. The number of benzene rings is 4. The number of H-pyrrole nitrogens is 2. The first-order valence-corrected chi connectivity index (χ1v) is 25.9. The molecular formula is C52H55N10O13P. The molecule has 4 aromatic heterocycles. The number of ether oxygens (including phenoxy) is 6. The molecule has 0 unspecified atom stereocenters. The van der Waals surface area contributed by atoms with Gasteiger partial charge in [0.1, 0.15) is 36.6 Å². The van der Waals surface area contributed by atoms with Gasteiger partial charge in [-0.25, -0.2) is 9.13 Å². The summed E-state index contributed by atoms with van der Waals surface area (Å²) in [7, 11) is -5.25. The minimum atomic E-state index is -5.25. The highest BCUT2D eigenvalue weighted by Crippen LogP contribution is 2.44. The fourth-order valence-corrected chi connectivity index (χ4v) is 10.8. The van der Waals surface area contributed by atoms with E-state index in [0.29, 0.717) is 24.3 Å². The summed E-state index contributed by atoms with van der Waals surface area (Å²) in [5, 5.41) is 9.89. The van der Waals surface area contributed by atoms with E-state index in [1.54, 1.807) is 40.2 Å². The van der Waals surface area contributed by atoms with Crippen molar-refractivity contribution in [3.8, 4) is 22.3 Å². The van der Waals surface area contributed by atoms with Gasteiger partial charge in [-0.05, 0) is 61.1 Å². The molecule has 4 saturated heterocycles. The summed E-state index contributed by atoms with van der Waals surface area (Å²) >= 11 is 0. The number of nitrogens with one attached hydrogen (secondary N) is 2. The Bertz CT molecular complexity index is 3590. The maximum absolute atomic E-state index is 13.1. The summed E-state index contributed by atoms with van der Waals surface area (Å²) in [5.74, 6) is -1.93. The molecule has 23 nitrogen and oxygen atoms in total. The molecule has 0 radical (unpaired) electrons. The average molecular weight is 1060 g/mol. The molecular weight excluding hydrogens is 1000 g/mol. The molecule has 8 aromatic rings. The van der Waals surface area contributed by atoms with Gasteiger partial charge in [0.15, 0.2) is 24.2 Å². The van der Waals surface area contributed by atoms with Crippen LogP contribution in [-0.4, -0.2) is 95.6 Å². The van der Waals surface area contributed by atoms with Crippen LogP contribution in [0.4, 0.5) is 11.9 Å². The Morgan fingerprint density at radius 2 is 1.00 bits per heavy atom. The van der Waals surface area contributed by atoms with Gasteiger partial charge in [0.2, 0.25) is 23.5 Å². The van der Waals surface area contributed by atoms with Crippen LogP contribution in [-0.2, 0) is 50.6 Å². The topological polar surface area (TPSA) is 309 Å². The number of fused-ring (bicyclic) bond motifs is 4. The van der Waals surface area contributed by atoms with Gasteiger partial charge in [0, 0.05) is 0 Å². The zero-order valence-corrected chi connectivity index (χ0v) is 42.5. The monoisotopic (exact) mass is 1060 g/mol. The summed E-state index contributed by atoms with van der Waals surface area (Å²) in [6, 6.07) is 36.3. The second-order valence-corrected chi connectivity index (χ2v) is 21.0. The van der Waals surface area contributed by atoms with E-state index in [2.05, 4.69) is 48.7 Å². The minimum Gasteiger partial charge on any atom is -0.790 e. The van der Waals surface area contributed by atoms with Crippen LogP contribution in [0.5, 0.6) is 0 Å². The van der Waals surface area contributed by atoms with Gasteiger partial charge in [-0.15, -0.1) is 0 Å². The molecule has 7 N–H and O–H groups in total. The van der Waals surface area contributed by atoms with E-state index >= 15 is 0 Å². The Morgan fingerprint density at radius 1 is 0.618 bits per heavy atom. The number of nitrogens with two attached hydrogens (primary N) is 2. The van der Waals surface area contributed by atoms with Crippen molar-refractivity contribution in [2.24, 2.45) is 0 Å². The molecule has 396 valence electrons. The Kier molecular flexibility index (Phi) is 13.4. The van der Waals surface area contributed by atoms with Crippen LogP contribution in [0.1, 0.15) is 51.3 Å². The van der Waals surface area contributed by atoms with Crippen molar-refractivity contribution in [3.05, 3.63) is 154 Å². The fraction of sp³-hybridized carbons (Fsp3) is 0.346. The van der Waals surface area contributed by atoms with Crippen LogP contribution in [0, 0.1) is 0 Å². The van der Waals surface area contributed by atoms with Gasteiger partial charge in [-0.3, -0.25) is 28.7 Å². The quantitative estimate of drug-likeness (QED) is 0.0866. The maximum atomic E-state index is 13.1. The van der Waals surface area contributed by atoms with Crippen molar-refractivity contribution >= 4 is 42.0 Å². The molecule has 4 aliphatic heterocycles. The van der Waals surface area contributed by atoms with Crippen molar-refractivity contribution < 1.29 is 61.5 Å². The van der Waals surface area contributed by atoms with Gasteiger partial charge in [-0.2, -0.15) is 0 Å². The third-order valence-electron chi connectivity index (χ3n) is 13.6. The van der Waals surface area contributed by atoms with Crippen molar-refractivity contribution in [1.82, 2.24) is 29.1 Å². The molecule has 0 spiro atoms. The zero-order chi connectivity index (χ0) is 53.3. The number of aromatic nitrogens is 8. The molecule has 4 aromatic carbocycles. The van der Waals surface area contributed by atoms with Gasteiger partial charge >= 0.3 is 11.3 Å². The Hall–Kier alpha value is -6.99. The number of nitrogen functional groups attached to an aromatic ring is 2. The van der Waals surface area contributed by atoms with E-state index in [9.17, 15) is 29.0 Å². The van der Waals surface area contributed by atoms with Crippen LogP contribution in [0.25, 0.3) is 44.6 Å². The highest BCUT2D eigenvalue weighted by Gasteiger charge is 2.59. The number of imidazole rings is 2. The Labute approximate surface area is 433 Å². The van der Waals surface area contributed by atoms with E-state index in [1.807, 2.05) is 103 Å². The predicted octanol–water partition coefficient (Wildman–Crippen LogP) is 2.29. The number of anilines is 2. The van der Waals surface area contributed by atoms with Crippen LogP contribution in [0.3, 0.4) is 0 Å². The molecule has 0 amide bonds. The lowest BCUT2D eigenvalue weighted by atomic mass is 10.0. The number of aliphatic hydroxyl groups excluding tert-OH is 1. The molecule has 12 rings (SSSR count). The number of phosphoric acid groups is 1. The van der Waals surface area contributed by atoms with E-state index < -0.39 is 80.6 Å². The van der Waals surface area contributed by atoms with E-state index in [4.69, 9.17) is 39.9 Å². The number of rotatable bonds is 12. The molecule has 8 heterocycles. The third kappa shape index (κ3) is 10.2. The molecule has 8 atom stereocenters. The van der Waals surface area contributed by atoms with E-state index in [-0.39, 0.29) is 35.2 Å². The van der Waals surface area contributed by atoms with Gasteiger partial charge in [0.25, 0.3) is 23.0 Å². The van der Waals surface area contributed by atoms with Gasteiger partial charge < -0.3 is 63.9 Å². The summed E-state index contributed by atoms with van der Waals surface area (Å²) in [6.45, 7) is 7.06. The number of hydrogen-bond acceptors (Lipinski definition) is 17. The zero-order valence-electron chi connectivity index (χ0n) is 41.6. The lowest BCUT2D eigenvalue weighted by Crippen LogP contribution is -2.46. The van der Waals surface area contributed by atoms with Gasteiger partial charge in [-0.1, -0.05) is 119 Å². The van der Waals surface area contributed by atoms with Crippen molar-refractivity contribution in [3.63, 3.8) is 0 Å². The highest BCUT2D eigenvalue weighted by molar-refractivity contribution is 7.43. The first kappa shape index (κ1) is 51.1. The lowest BCUT2D eigenvalue weighted by molar-refractivity contribution is -0.746. The van der Waals surface area contributed by atoms with Crippen LogP contribution >= 0.6 is 7.82 Å². The number of aliphatic hydroxyl groups is 1. The Balaban J connectivity index is 0.000000163. The molecule has 0 bridgehead atoms. The maximum Gasteiger partial charge on any atom is 0.313 e. The second kappa shape index (κ2) is 19.9. The van der Waals surface area contributed by atoms with Crippen LogP contribution in [0.2, 0.25) is 0 Å². The lowest BCUT2D eigenvalue weighted by Gasteiger charge is -2.30. The van der Waals surface area contributed by atoms with Crippen molar-refractivity contribution in [2.45, 2.75) is 101 Å². The summed E-state index contributed by atoms with van der Waals surface area (Å²) in [6.07, 6.45) is -2.03. The average Bonchev–Trinajstić information content (AvgIpc) is 4.22. The third-order valence-corrected chi connectivity index (χ3v) is 14.0. The number of hydrogen-bond donors (Lipinski definition) is 5.